The van der Waals surface area contributed by atoms with Gasteiger partial charge in [0.25, 0.3) is 0 Å². The molecule has 1 heterocycles. The first-order valence-corrected chi connectivity index (χ1v) is 6.60. The van der Waals surface area contributed by atoms with Gasteiger partial charge in [-0.05, 0) is 43.6 Å². The molecular formula is C13H25NO. The topological polar surface area (TPSA) is 32.3 Å². The maximum Gasteiger partial charge on any atom is 0.0721 e. The molecule has 2 fully saturated rings. The SMILES string of the molecule is CC(C)[C@@H]1CN[C@H]([C@H](O)C2CCCC2)C1. The minimum atomic E-state index is -0.0868. The molecular weight excluding hydrogens is 186 g/mol. The fourth-order valence-electron chi connectivity index (χ4n) is 3.19. The Morgan fingerprint density at radius 1 is 1.13 bits per heavy atom. The van der Waals surface area contributed by atoms with Gasteiger partial charge < -0.3 is 10.4 Å². The van der Waals surface area contributed by atoms with Crippen molar-refractivity contribution >= 4 is 0 Å². The average Bonchev–Trinajstić information content (AvgIpc) is 2.88. The fourth-order valence-corrected chi connectivity index (χ4v) is 3.19. The maximum absolute atomic E-state index is 10.3. The van der Waals surface area contributed by atoms with Crippen LogP contribution < -0.4 is 5.32 Å². The standard InChI is InChI=1S/C13H25NO/c1-9(2)11-7-12(14-8-11)13(15)10-5-3-4-6-10/h9-15H,3-8H2,1-2H3/t11-,12-,13+/m0/s1. The summed E-state index contributed by atoms with van der Waals surface area (Å²) < 4.78 is 0. The van der Waals surface area contributed by atoms with E-state index in [-0.39, 0.29) is 6.10 Å². The second-order valence-electron chi connectivity index (χ2n) is 5.79. The van der Waals surface area contributed by atoms with Crippen LogP contribution in [0.5, 0.6) is 0 Å². The van der Waals surface area contributed by atoms with E-state index in [1.165, 1.54) is 32.1 Å². The zero-order valence-electron chi connectivity index (χ0n) is 10.1. The number of hydrogen-bond acceptors (Lipinski definition) is 2. The van der Waals surface area contributed by atoms with Crippen molar-refractivity contribution in [2.24, 2.45) is 17.8 Å². The number of hydrogen-bond donors (Lipinski definition) is 2. The van der Waals surface area contributed by atoms with Gasteiger partial charge >= 0.3 is 0 Å². The average molecular weight is 211 g/mol. The largest absolute Gasteiger partial charge is 0.391 e. The van der Waals surface area contributed by atoms with Crippen LogP contribution in [0, 0.1) is 17.8 Å². The molecule has 0 aromatic carbocycles. The Kier molecular flexibility index (Phi) is 3.68. The zero-order chi connectivity index (χ0) is 10.8. The van der Waals surface area contributed by atoms with Gasteiger partial charge in [0.2, 0.25) is 0 Å². The molecule has 0 aromatic rings. The van der Waals surface area contributed by atoms with Crippen LogP contribution in [-0.2, 0) is 0 Å². The summed E-state index contributed by atoms with van der Waals surface area (Å²) in [6.45, 7) is 5.68. The van der Waals surface area contributed by atoms with Crippen LogP contribution >= 0.6 is 0 Å². The van der Waals surface area contributed by atoms with Crippen LogP contribution in [0.15, 0.2) is 0 Å². The summed E-state index contributed by atoms with van der Waals surface area (Å²) in [7, 11) is 0. The minimum absolute atomic E-state index is 0.0868. The molecule has 0 spiro atoms. The Hall–Kier alpha value is -0.0800. The smallest absolute Gasteiger partial charge is 0.0721 e. The van der Waals surface area contributed by atoms with Gasteiger partial charge in [0.05, 0.1) is 6.10 Å². The molecule has 0 amide bonds. The monoisotopic (exact) mass is 211 g/mol. The Morgan fingerprint density at radius 3 is 2.33 bits per heavy atom. The van der Waals surface area contributed by atoms with Crippen molar-refractivity contribution in [2.45, 2.75) is 58.1 Å². The molecule has 2 nitrogen and oxygen atoms in total. The summed E-state index contributed by atoms with van der Waals surface area (Å²) in [6, 6.07) is 0.375. The van der Waals surface area contributed by atoms with Crippen molar-refractivity contribution < 1.29 is 5.11 Å². The molecule has 2 aliphatic rings. The van der Waals surface area contributed by atoms with Crippen LogP contribution in [-0.4, -0.2) is 23.8 Å². The molecule has 88 valence electrons. The van der Waals surface area contributed by atoms with E-state index in [1.54, 1.807) is 0 Å². The molecule has 2 rings (SSSR count). The Balaban J connectivity index is 1.84. The summed E-state index contributed by atoms with van der Waals surface area (Å²) >= 11 is 0. The summed E-state index contributed by atoms with van der Waals surface area (Å²) in [5, 5.41) is 13.8. The molecule has 2 heteroatoms. The highest BCUT2D eigenvalue weighted by atomic mass is 16.3. The number of nitrogens with one attached hydrogen (secondary N) is 1. The van der Waals surface area contributed by atoms with Crippen molar-refractivity contribution in [1.82, 2.24) is 5.32 Å². The van der Waals surface area contributed by atoms with E-state index in [1.807, 2.05) is 0 Å². The van der Waals surface area contributed by atoms with Gasteiger partial charge in [-0.15, -0.1) is 0 Å². The molecule has 3 atom stereocenters. The van der Waals surface area contributed by atoms with Gasteiger partial charge in [-0.2, -0.15) is 0 Å². The van der Waals surface area contributed by atoms with E-state index in [2.05, 4.69) is 19.2 Å². The van der Waals surface area contributed by atoms with Gasteiger partial charge in [-0.3, -0.25) is 0 Å². The first kappa shape index (κ1) is 11.4. The predicted molar refractivity (Wildman–Crippen MR) is 62.7 cm³/mol. The first-order valence-electron chi connectivity index (χ1n) is 6.60. The molecule has 2 N–H and O–H groups in total. The number of aliphatic hydroxyl groups is 1. The lowest BCUT2D eigenvalue weighted by Gasteiger charge is -2.24. The van der Waals surface area contributed by atoms with Gasteiger partial charge in [0.15, 0.2) is 0 Å². The van der Waals surface area contributed by atoms with Crippen LogP contribution in [0.3, 0.4) is 0 Å². The van der Waals surface area contributed by atoms with Crippen LogP contribution in [0.1, 0.15) is 46.0 Å². The third-order valence-corrected chi connectivity index (χ3v) is 4.44. The molecule has 1 saturated carbocycles. The predicted octanol–water partition coefficient (Wildman–Crippen LogP) is 2.17. The lowest BCUT2D eigenvalue weighted by Crippen LogP contribution is -2.39. The van der Waals surface area contributed by atoms with Gasteiger partial charge in [0.1, 0.15) is 0 Å². The summed E-state index contributed by atoms with van der Waals surface area (Å²) in [4.78, 5) is 0. The summed E-state index contributed by atoms with van der Waals surface area (Å²) in [6.07, 6.45) is 6.22. The van der Waals surface area contributed by atoms with E-state index < -0.39 is 0 Å². The molecule has 0 radical (unpaired) electrons. The zero-order valence-corrected chi connectivity index (χ0v) is 10.1. The van der Waals surface area contributed by atoms with Crippen LogP contribution in [0.2, 0.25) is 0 Å². The maximum atomic E-state index is 10.3. The third-order valence-electron chi connectivity index (χ3n) is 4.44. The molecule has 1 aliphatic carbocycles. The highest BCUT2D eigenvalue weighted by Gasteiger charge is 2.35. The fraction of sp³-hybridized carbons (Fsp3) is 1.00. The van der Waals surface area contributed by atoms with E-state index in [0.717, 1.165) is 18.4 Å². The van der Waals surface area contributed by atoms with Crippen LogP contribution in [0.4, 0.5) is 0 Å². The van der Waals surface area contributed by atoms with Gasteiger partial charge in [-0.25, -0.2) is 0 Å². The normalized spacial score (nSPS) is 35.2. The van der Waals surface area contributed by atoms with Crippen molar-refractivity contribution in [2.75, 3.05) is 6.54 Å². The highest BCUT2D eigenvalue weighted by Crippen LogP contribution is 2.33. The molecule has 0 unspecified atom stereocenters. The van der Waals surface area contributed by atoms with E-state index in [4.69, 9.17) is 0 Å². The first-order chi connectivity index (χ1) is 7.18. The lowest BCUT2D eigenvalue weighted by atomic mass is 9.88. The molecule has 0 aromatic heterocycles. The quantitative estimate of drug-likeness (QED) is 0.750. The highest BCUT2D eigenvalue weighted by molar-refractivity contribution is 4.91. The molecule has 0 bridgehead atoms. The Morgan fingerprint density at radius 2 is 1.80 bits per heavy atom. The summed E-state index contributed by atoms with van der Waals surface area (Å²) in [5.74, 6) is 2.10. The van der Waals surface area contributed by atoms with Gasteiger partial charge in [0, 0.05) is 6.04 Å². The minimum Gasteiger partial charge on any atom is -0.391 e. The molecule has 15 heavy (non-hydrogen) atoms. The van der Waals surface area contributed by atoms with Crippen molar-refractivity contribution in [1.29, 1.82) is 0 Å². The number of aliphatic hydroxyl groups excluding tert-OH is 1. The van der Waals surface area contributed by atoms with Crippen molar-refractivity contribution in [3.63, 3.8) is 0 Å². The second kappa shape index (κ2) is 4.84. The second-order valence-corrected chi connectivity index (χ2v) is 5.79. The van der Waals surface area contributed by atoms with E-state index in [0.29, 0.717) is 12.0 Å². The third kappa shape index (κ3) is 2.54. The summed E-state index contributed by atoms with van der Waals surface area (Å²) in [5.41, 5.74) is 0. The van der Waals surface area contributed by atoms with Crippen LogP contribution in [0.25, 0.3) is 0 Å². The van der Waals surface area contributed by atoms with E-state index in [9.17, 15) is 5.11 Å². The Bertz CT molecular complexity index is 199. The van der Waals surface area contributed by atoms with Gasteiger partial charge in [-0.1, -0.05) is 26.7 Å². The van der Waals surface area contributed by atoms with E-state index >= 15 is 0 Å². The lowest BCUT2D eigenvalue weighted by molar-refractivity contribution is 0.0758. The Labute approximate surface area is 93.5 Å². The number of rotatable bonds is 3. The molecule has 1 aliphatic heterocycles. The van der Waals surface area contributed by atoms with Crippen molar-refractivity contribution in [3.05, 3.63) is 0 Å². The molecule has 1 saturated heterocycles. The van der Waals surface area contributed by atoms with Crippen molar-refractivity contribution in [3.8, 4) is 0 Å².